The fourth-order valence-corrected chi connectivity index (χ4v) is 7.47. The topological polar surface area (TPSA) is 104 Å². The molecule has 2 saturated carbocycles. The molecule has 174 valence electrons. The molecule has 0 radical (unpaired) electrons. The van der Waals surface area contributed by atoms with Crippen molar-refractivity contribution in [3.8, 4) is 0 Å². The molecule has 3 aliphatic rings. The molecule has 0 saturated heterocycles. The molecule has 9 heteroatoms. The Morgan fingerprint density at radius 3 is 2.67 bits per heavy atom. The molecular formula is C24H30N6O2S. The molecule has 2 fully saturated rings. The first-order chi connectivity index (χ1) is 15.9. The number of aromatic amines is 1. The molecule has 3 aromatic heterocycles. The van der Waals surface area contributed by atoms with Gasteiger partial charge in [0.05, 0.1) is 17.6 Å². The van der Waals surface area contributed by atoms with Crippen LogP contribution in [0.15, 0.2) is 30.9 Å². The van der Waals surface area contributed by atoms with Gasteiger partial charge in [-0.2, -0.15) is 0 Å². The monoisotopic (exact) mass is 466 g/mol. The minimum Gasteiger partial charge on any atom is -0.363 e. The summed E-state index contributed by atoms with van der Waals surface area (Å²) < 4.78 is 26.7. The predicted molar refractivity (Wildman–Crippen MR) is 127 cm³/mol. The summed E-state index contributed by atoms with van der Waals surface area (Å²) in [6.45, 7) is 3.04. The van der Waals surface area contributed by atoms with E-state index in [0.29, 0.717) is 23.8 Å². The quantitative estimate of drug-likeness (QED) is 0.612. The maximum Gasteiger partial charge on any atom is 0.208 e. The van der Waals surface area contributed by atoms with Gasteiger partial charge in [0.15, 0.2) is 0 Å². The molecule has 1 aliphatic heterocycles. The van der Waals surface area contributed by atoms with Gasteiger partial charge < -0.3 is 9.88 Å². The van der Waals surface area contributed by atoms with E-state index in [4.69, 9.17) is 4.98 Å². The van der Waals surface area contributed by atoms with Gasteiger partial charge in [-0.1, -0.05) is 0 Å². The summed E-state index contributed by atoms with van der Waals surface area (Å²) in [5.41, 5.74) is 5.69. The number of anilines is 1. The first-order valence-corrected chi connectivity index (χ1v) is 13.7. The van der Waals surface area contributed by atoms with Gasteiger partial charge in [-0.05, 0) is 56.6 Å². The van der Waals surface area contributed by atoms with Gasteiger partial charge >= 0.3 is 0 Å². The van der Waals surface area contributed by atoms with Crippen molar-refractivity contribution in [2.24, 2.45) is 11.8 Å². The number of rotatable bonds is 4. The fraction of sp³-hybridized carbons (Fsp3) is 0.542. The fourth-order valence-electron chi connectivity index (χ4n) is 6.59. The Balaban J connectivity index is 1.32. The molecular weight excluding hydrogens is 436 g/mol. The third-order valence-corrected chi connectivity index (χ3v) is 8.70. The van der Waals surface area contributed by atoms with E-state index in [0.717, 1.165) is 55.4 Å². The molecule has 4 heterocycles. The van der Waals surface area contributed by atoms with Gasteiger partial charge in [0, 0.05) is 60.0 Å². The molecule has 8 nitrogen and oxygen atoms in total. The van der Waals surface area contributed by atoms with Crippen LogP contribution in [0.3, 0.4) is 0 Å². The van der Waals surface area contributed by atoms with Crippen LogP contribution in [-0.4, -0.2) is 46.7 Å². The third kappa shape index (κ3) is 3.71. The van der Waals surface area contributed by atoms with Crippen LogP contribution >= 0.6 is 0 Å². The van der Waals surface area contributed by atoms with Crippen molar-refractivity contribution in [3.05, 3.63) is 47.8 Å². The zero-order valence-electron chi connectivity index (χ0n) is 19.0. The number of sulfonamides is 1. The molecule has 2 N–H and O–H groups in total. The van der Waals surface area contributed by atoms with E-state index in [-0.39, 0.29) is 6.04 Å². The van der Waals surface area contributed by atoms with Gasteiger partial charge in [-0.3, -0.25) is 0 Å². The Morgan fingerprint density at radius 2 is 1.91 bits per heavy atom. The van der Waals surface area contributed by atoms with E-state index in [2.05, 4.69) is 43.6 Å². The minimum atomic E-state index is -3.19. The number of hydrogen-bond acceptors (Lipinski definition) is 6. The lowest BCUT2D eigenvalue weighted by Gasteiger charge is -2.39. The Labute approximate surface area is 194 Å². The maximum absolute atomic E-state index is 11.9. The summed E-state index contributed by atoms with van der Waals surface area (Å²) in [5, 5.41) is 1.14. The lowest BCUT2D eigenvalue weighted by atomic mass is 9.75. The Hall–Kier alpha value is -2.52. The lowest BCUT2D eigenvalue weighted by molar-refractivity contribution is 0.253. The van der Waals surface area contributed by atoms with Crippen LogP contribution in [0.1, 0.15) is 55.5 Å². The van der Waals surface area contributed by atoms with Gasteiger partial charge in [0.2, 0.25) is 10.0 Å². The van der Waals surface area contributed by atoms with E-state index in [1.165, 1.54) is 23.2 Å². The van der Waals surface area contributed by atoms with E-state index in [1.807, 2.05) is 12.4 Å². The highest BCUT2D eigenvalue weighted by atomic mass is 32.2. The molecule has 6 rings (SSSR count). The van der Waals surface area contributed by atoms with E-state index in [1.54, 1.807) is 6.33 Å². The zero-order valence-corrected chi connectivity index (χ0v) is 19.8. The summed E-state index contributed by atoms with van der Waals surface area (Å²) in [6.07, 6.45) is 11.9. The number of nitrogens with one attached hydrogen (secondary N) is 2. The van der Waals surface area contributed by atoms with Crippen molar-refractivity contribution >= 4 is 26.7 Å². The van der Waals surface area contributed by atoms with Crippen molar-refractivity contribution < 1.29 is 8.42 Å². The van der Waals surface area contributed by atoms with Crippen molar-refractivity contribution in [1.82, 2.24) is 24.7 Å². The second-order valence-electron chi connectivity index (χ2n) is 10.1. The molecule has 0 spiro atoms. The van der Waals surface area contributed by atoms with Crippen LogP contribution in [0.2, 0.25) is 0 Å². The molecule has 5 atom stereocenters. The van der Waals surface area contributed by atoms with Crippen molar-refractivity contribution in [2.75, 3.05) is 11.2 Å². The second-order valence-corrected chi connectivity index (χ2v) is 11.9. The van der Waals surface area contributed by atoms with Crippen LogP contribution < -0.4 is 9.62 Å². The lowest BCUT2D eigenvalue weighted by Crippen LogP contribution is -2.45. The SMILES string of the molecule is C[C@@H]1Cc2ncnc(C3C[C@H]4CC[C@@H](C3)C4NS(C)(=O)=O)c2CN1c1ccnc2[nH]ccc12. The average molecular weight is 467 g/mol. The highest BCUT2D eigenvalue weighted by molar-refractivity contribution is 7.88. The smallest absolute Gasteiger partial charge is 0.208 e. The average Bonchev–Trinajstić information content (AvgIpc) is 3.32. The van der Waals surface area contributed by atoms with Crippen LogP contribution in [0.25, 0.3) is 11.0 Å². The number of pyridine rings is 1. The van der Waals surface area contributed by atoms with Crippen molar-refractivity contribution in [1.29, 1.82) is 0 Å². The van der Waals surface area contributed by atoms with Crippen molar-refractivity contribution in [2.45, 2.75) is 63.6 Å². The number of fused-ring (bicyclic) bond motifs is 4. The van der Waals surface area contributed by atoms with Crippen LogP contribution in [-0.2, 0) is 23.0 Å². The predicted octanol–water partition coefficient (Wildman–Crippen LogP) is 3.13. The first-order valence-electron chi connectivity index (χ1n) is 11.9. The Morgan fingerprint density at radius 1 is 1.12 bits per heavy atom. The van der Waals surface area contributed by atoms with Gasteiger partial charge in [-0.25, -0.2) is 28.1 Å². The molecule has 3 aromatic rings. The number of hydrogen-bond donors (Lipinski definition) is 2. The molecule has 2 unspecified atom stereocenters. The molecule has 2 bridgehead atoms. The Kier molecular flexibility index (Phi) is 4.95. The summed E-state index contributed by atoms with van der Waals surface area (Å²) in [7, 11) is -3.19. The third-order valence-electron chi connectivity index (χ3n) is 8.00. The van der Waals surface area contributed by atoms with Crippen molar-refractivity contribution in [3.63, 3.8) is 0 Å². The minimum absolute atomic E-state index is 0.0733. The second kappa shape index (κ2) is 7.77. The summed E-state index contributed by atoms with van der Waals surface area (Å²) in [6, 6.07) is 4.59. The molecule has 33 heavy (non-hydrogen) atoms. The van der Waals surface area contributed by atoms with E-state index >= 15 is 0 Å². The molecule has 0 aromatic carbocycles. The zero-order chi connectivity index (χ0) is 22.7. The van der Waals surface area contributed by atoms with Gasteiger partial charge in [-0.15, -0.1) is 0 Å². The Bertz CT molecular complexity index is 1290. The van der Waals surface area contributed by atoms with Crippen LogP contribution in [0.5, 0.6) is 0 Å². The van der Waals surface area contributed by atoms with Gasteiger partial charge in [0.1, 0.15) is 12.0 Å². The maximum atomic E-state index is 11.9. The number of nitrogens with zero attached hydrogens (tertiary/aromatic N) is 4. The highest BCUT2D eigenvalue weighted by Crippen LogP contribution is 2.49. The van der Waals surface area contributed by atoms with E-state index < -0.39 is 10.0 Å². The van der Waals surface area contributed by atoms with E-state index in [9.17, 15) is 8.42 Å². The molecule has 0 amide bonds. The normalized spacial score (nSPS) is 29.4. The molecule has 2 aliphatic carbocycles. The standard InChI is InChI=1S/C24H30N6O2S/c1-14-9-20-19(12-30(14)21-6-8-26-24-18(21)5-7-25-24)23(28-13-27-20)17-10-15-3-4-16(11-17)22(15)29-33(2,31)32/h5-8,13-17,22,29H,3-4,9-12H2,1-2H3,(H,25,26)/t14-,15-,16+,17?,22?/m1/s1. The first kappa shape index (κ1) is 21.0. The number of H-pyrrole nitrogens is 1. The summed E-state index contributed by atoms with van der Waals surface area (Å²) >= 11 is 0. The number of aromatic nitrogens is 4. The van der Waals surface area contributed by atoms with Crippen LogP contribution in [0.4, 0.5) is 5.69 Å². The largest absolute Gasteiger partial charge is 0.363 e. The summed E-state index contributed by atoms with van der Waals surface area (Å²) in [4.78, 5) is 19.6. The van der Waals surface area contributed by atoms with Gasteiger partial charge in [0.25, 0.3) is 0 Å². The van der Waals surface area contributed by atoms with Crippen LogP contribution in [0, 0.1) is 11.8 Å². The highest BCUT2D eigenvalue weighted by Gasteiger charge is 2.45. The summed E-state index contributed by atoms with van der Waals surface area (Å²) in [5.74, 6) is 1.12.